The number of rotatable bonds is 10. The molecule has 154 valence electrons. The quantitative estimate of drug-likeness (QED) is 0.185. The zero-order chi connectivity index (χ0) is 21.8. The Bertz CT molecular complexity index is 732. The number of hydrogen-bond acceptors (Lipinski definition) is 8. The van der Waals surface area contributed by atoms with Gasteiger partial charge in [0, 0.05) is 6.42 Å². The van der Waals surface area contributed by atoms with E-state index in [2.05, 4.69) is 5.32 Å². The summed E-state index contributed by atoms with van der Waals surface area (Å²) in [5.41, 5.74) is 5.34. The third kappa shape index (κ3) is 5.33. The number of ketones is 1. The van der Waals surface area contributed by atoms with Gasteiger partial charge in [0.1, 0.15) is 12.0 Å². The number of nitrogens with two attached hydrogens (primary N) is 1. The third-order valence-electron chi connectivity index (χ3n) is 3.94. The van der Waals surface area contributed by atoms with Gasteiger partial charge in [-0.1, -0.05) is 0 Å². The Kier molecular flexibility index (Phi) is 7.32. The Morgan fingerprint density at radius 2 is 1.64 bits per heavy atom. The van der Waals surface area contributed by atoms with Crippen molar-refractivity contribution in [2.75, 3.05) is 0 Å². The van der Waals surface area contributed by atoms with E-state index < -0.39 is 84.7 Å². The highest BCUT2D eigenvalue weighted by Crippen LogP contribution is 2.26. The minimum atomic E-state index is -2.02. The summed E-state index contributed by atoms with van der Waals surface area (Å²) in [5, 5.41) is 28.9. The number of nitrogens with one attached hydrogen (secondary N) is 1. The van der Waals surface area contributed by atoms with Crippen molar-refractivity contribution in [3.05, 3.63) is 0 Å². The summed E-state index contributed by atoms with van der Waals surface area (Å²) in [5.74, 6) is -10.9. The first kappa shape index (κ1) is 22.7. The molecule has 0 aromatic carbocycles. The summed E-state index contributed by atoms with van der Waals surface area (Å²) in [7, 11) is 0. The summed E-state index contributed by atoms with van der Waals surface area (Å²) in [6.45, 7) is 1.27. The zero-order valence-corrected chi connectivity index (χ0v) is 14.7. The van der Waals surface area contributed by atoms with Crippen molar-refractivity contribution in [2.24, 2.45) is 11.7 Å². The first-order chi connectivity index (χ1) is 12.9. The zero-order valence-electron chi connectivity index (χ0n) is 14.7. The van der Waals surface area contributed by atoms with Crippen molar-refractivity contribution in [3.8, 4) is 0 Å². The van der Waals surface area contributed by atoms with E-state index in [9.17, 15) is 33.6 Å². The minimum Gasteiger partial charge on any atom is -0.481 e. The van der Waals surface area contributed by atoms with Gasteiger partial charge in [-0.25, -0.2) is 4.79 Å². The first-order valence-corrected chi connectivity index (χ1v) is 7.98. The monoisotopic (exact) mass is 401 g/mol. The largest absolute Gasteiger partial charge is 0.481 e. The van der Waals surface area contributed by atoms with Gasteiger partial charge in [0.15, 0.2) is 5.78 Å². The number of amides is 3. The Morgan fingerprint density at radius 3 is 2.07 bits per heavy atom. The lowest BCUT2D eigenvalue weighted by atomic mass is 9.94. The average molecular weight is 401 g/mol. The molecule has 0 bridgehead atoms. The Morgan fingerprint density at radius 1 is 1.11 bits per heavy atom. The molecule has 0 spiro atoms. The normalized spacial score (nSPS) is 19.6. The molecule has 1 heterocycles. The van der Waals surface area contributed by atoms with Gasteiger partial charge in [0.25, 0.3) is 0 Å². The number of carboxylic acid groups (broad SMARTS) is 3. The summed E-state index contributed by atoms with van der Waals surface area (Å²) in [4.78, 5) is 82.0. The maximum atomic E-state index is 12.6. The van der Waals surface area contributed by atoms with Crippen LogP contribution in [-0.2, 0) is 33.6 Å². The number of carbonyl (C=O) groups is 7. The summed E-state index contributed by atoms with van der Waals surface area (Å²) < 4.78 is 0. The van der Waals surface area contributed by atoms with Crippen LogP contribution in [0.25, 0.3) is 0 Å². The second kappa shape index (κ2) is 9.03. The van der Waals surface area contributed by atoms with Crippen molar-refractivity contribution in [2.45, 2.75) is 44.3 Å². The van der Waals surface area contributed by atoms with Crippen LogP contribution in [0.4, 0.5) is 0 Å². The molecule has 1 fully saturated rings. The molecule has 0 unspecified atom stereocenters. The van der Waals surface area contributed by atoms with E-state index in [1.165, 1.54) is 6.92 Å². The highest BCUT2D eigenvalue weighted by Gasteiger charge is 2.50. The second-order valence-electron chi connectivity index (χ2n) is 6.16. The van der Waals surface area contributed by atoms with Gasteiger partial charge >= 0.3 is 17.9 Å². The van der Waals surface area contributed by atoms with Crippen molar-refractivity contribution in [1.82, 2.24) is 10.2 Å². The Hall–Kier alpha value is -3.35. The number of carbonyl (C=O) groups excluding carboxylic acids is 4. The summed E-state index contributed by atoms with van der Waals surface area (Å²) >= 11 is 0. The maximum Gasteiger partial charge on any atom is 0.327 e. The molecule has 0 aliphatic carbocycles. The number of nitrogens with zero attached hydrogens (tertiary/aromatic N) is 1. The average Bonchev–Trinajstić information content (AvgIpc) is 2.85. The van der Waals surface area contributed by atoms with Gasteiger partial charge in [0.05, 0.1) is 24.9 Å². The Balaban J connectivity index is 3.12. The van der Waals surface area contributed by atoms with Crippen molar-refractivity contribution in [3.63, 3.8) is 0 Å². The number of carboxylic acids is 3. The van der Waals surface area contributed by atoms with Crippen LogP contribution in [0.3, 0.4) is 0 Å². The molecule has 0 aromatic rings. The lowest BCUT2D eigenvalue weighted by molar-refractivity contribution is -0.158. The van der Waals surface area contributed by atoms with Gasteiger partial charge < -0.3 is 26.4 Å². The predicted octanol–water partition coefficient (Wildman–Crippen LogP) is -2.83. The molecule has 1 aliphatic rings. The highest BCUT2D eigenvalue weighted by molar-refractivity contribution is 6.17. The van der Waals surface area contributed by atoms with Crippen LogP contribution in [0.15, 0.2) is 0 Å². The van der Waals surface area contributed by atoms with Gasteiger partial charge in [-0.05, 0) is 6.92 Å². The SMILES string of the molecule is C[C@H](N)C(=O)N[C@@H](CC(=O)O)C(=O)[C@H]1CC(=O)N([C@@H](CC(=O)O)C(=O)O)C1=O. The van der Waals surface area contributed by atoms with Crippen molar-refractivity contribution >= 4 is 41.4 Å². The predicted molar refractivity (Wildman–Crippen MR) is 86.5 cm³/mol. The molecule has 1 rings (SSSR count). The van der Waals surface area contributed by atoms with E-state index in [-0.39, 0.29) is 4.90 Å². The molecule has 0 saturated carbocycles. The molecule has 1 aliphatic heterocycles. The molecule has 0 aromatic heterocycles. The van der Waals surface area contributed by atoms with Gasteiger partial charge in [-0.3, -0.25) is 33.7 Å². The number of hydrogen-bond donors (Lipinski definition) is 5. The molecular weight excluding hydrogens is 382 g/mol. The molecule has 4 atom stereocenters. The topological polar surface area (TPSA) is 221 Å². The van der Waals surface area contributed by atoms with Gasteiger partial charge in [-0.15, -0.1) is 0 Å². The lowest BCUT2D eigenvalue weighted by Crippen LogP contribution is -2.51. The van der Waals surface area contributed by atoms with Gasteiger partial charge in [-0.2, -0.15) is 0 Å². The summed E-state index contributed by atoms with van der Waals surface area (Å²) in [6, 6.07) is -4.79. The number of aliphatic carboxylic acids is 3. The van der Waals surface area contributed by atoms with E-state index in [1.54, 1.807) is 0 Å². The van der Waals surface area contributed by atoms with E-state index in [0.29, 0.717) is 0 Å². The number of Topliss-reactive ketones (excluding diaryl/α,β-unsaturated/α-hetero) is 1. The smallest absolute Gasteiger partial charge is 0.327 e. The second-order valence-corrected chi connectivity index (χ2v) is 6.16. The molecule has 6 N–H and O–H groups in total. The standard InChI is InChI=1S/C15H19N3O10/c1-5(16)13(25)17-7(3-10(20)21)12(24)6-2-9(19)18(14(6)26)8(15(27)28)4-11(22)23/h5-8H,2-4,16H2,1H3,(H,17,25)(H,20,21)(H,22,23)(H,27,28)/t5-,6+,7-,8-/m0/s1. The number of imide groups is 1. The summed E-state index contributed by atoms with van der Waals surface area (Å²) in [6.07, 6.45) is -2.74. The van der Waals surface area contributed by atoms with Crippen LogP contribution in [0.5, 0.6) is 0 Å². The van der Waals surface area contributed by atoms with Crippen LogP contribution >= 0.6 is 0 Å². The van der Waals surface area contributed by atoms with Crippen LogP contribution < -0.4 is 11.1 Å². The number of likely N-dealkylation sites (tertiary alicyclic amines) is 1. The molecule has 1 saturated heterocycles. The first-order valence-electron chi connectivity index (χ1n) is 7.98. The molecule has 28 heavy (non-hydrogen) atoms. The van der Waals surface area contributed by atoms with E-state index in [0.717, 1.165) is 0 Å². The molecule has 3 amide bonds. The van der Waals surface area contributed by atoms with E-state index in [1.807, 2.05) is 0 Å². The highest BCUT2D eigenvalue weighted by atomic mass is 16.4. The van der Waals surface area contributed by atoms with Crippen LogP contribution in [-0.4, -0.2) is 79.8 Å². The fraction of sp³-hybridized carbons (Fsp3) is 0.533. The van der Waals surface area contributed by atoms with E-state index >= 15 is 0 Å². The molecular formula is C15H19N3O10. The van der Waals surface area contributed by atoms with E-state index in [4.69, 9.17) is 21.1 Å². The van der Waals surface area contributed by atoms with Crippen molar-refractivity contribution < 1.29 is 48.9 Å². The maximum absolute atomic E-state index is 12.6. The van der Waals surface area contributed by atoms with Crippen LogP contribution in [0.1, 0.15) is 26.2 Å². The fourth-order valence-electron chi connectivity index (χ4n) is 2.60. The minimum absolute atomic E-state index is 0.171. The van der Waals surface area contributed by atoms with Crippen molar-refractivity contribution in [1.29, 1.82) is 0 Å². The van der Waals surface area contributed by atoms with Crippen LogP contribution in [0.2, 0.25) is 0 Å². The lowest BCUT2D eigenvalue weighted by Gasteiger charge is -2.22. The molecule has 13 heteroatoms. The van der Waals surface area contributed by atoms with Crippen LogP contribution in [0, 0.1) is 5.92 Å². The fourth-order valence-corrected chi connectivity index (χ4v) is 2.60. The Labute approximate surface area is 157 Å². The molecule has 0 radical (unpaired) electrons. The van der Waals surface area contributed by atoms with Gasteiger partial charge in [0.2, 0.25) is 17.7 Å². The molecule has 13 nitrogen and oxygen atoms in total. The third-order valence-corrected chi connectivity index (χ3v) is 3.94.